The summed E-state index contributed by atoms with van der Waals surface area (Å²) in [7, 11) is 0. The number of nitrogens with zero attached hydrogens (tertiary/aromatic N) is 1. The quantitative estimate of drug-likeness (QED) is 0.640. The van der Waals surface area contributed by atoms with Gasteiger partial charge in [0.15, 0.2) is 0 Å². The van der Waals surface area contributed by atoms with Crippen molar-refractivity contribution < 1.29 is 4.42 Å². The van der Waals surface area contributed by atoms with Crippen LogP contribution >= 0.6 is 0 Å². The Morgan fingerprint density at radius 1 is 0.818 bits per heavy atom. The van der Waals surface area contributed by atoms with Crippen LogP contribution in [0.1, 0.15) is 35.9 Å². The fourth-order valence-corrected chi connectivity index (χ4v) is 3.42. The van der Waals surface area contributed by atoms with Crippen molar-refractivity contribution in [3.05, 3.63) is 95.9 Å². The fraction of sp³-hybridized carbons (Fsp3) is 0.200. The molecule has 22 heavy (non-hydrogen) atoms. The van der Waals surface area contributed by atoms with E-state index in [1.807, 2.05) is 6.07 Å². The molecule has 0 amide bonds. The highest BCUT2D eigenvalue weighted by atomic mass is 16.3. The average molecular weight is 289 g/mol. The minimum atomic E-state index is 0.271. The molecule has 0 N–H and O–H groups in total. The third-order valence-corrected chi connectivity index (χ3v) is 4.52. The lowest BCUT2D eigenvalue weighted by Crippen LogP contribution is -2.13. The fourth-order valence-electron chi connectivity index (χ4n) is 3.42. The van der Waals surface area contributed by atoms with Gasteiger partial charge in [0.05, 0.1) is 18.3 Å². The van der Waals surface area contributed by atoms with Gasteiger partial charge in [-0.1, -0.05) is 60.7 Å². The van der Waals surface area contributed by atoms with Gasteiger partial charge in [-0.15, -0.1) is 0 Å². The Kier molecular flexibility index (Phi) is 3.32. The molecule has 0 radical (unpaired) electrons. The molecule has 1 aromatic heterocycles. The summed E-state index contributed by atoms with van der Waals surface area (Å²) in [6, 6.07) is 26.6. The lowest BCUT2D eigenvalue weighted by atomic mass is 9.98. The normalized spacial score (nSPS) is 23.6. The molecular weight excluding hydrogens is 270 g/mol. The van der Waals surface area contributed by atoms with E-state index in [-0.39, 0.29) is 6.04 Å². The molecule has 3 atom stereocenters. The predicted molar refractivity (Wildman–Crippen MR) is 87.5 cm³/mol. The summed E-state index contributed by atoms with van der Waals surface area (Å²) < 4.78 is 5.64. The van der Waals surface area contributed by atoms with E-state index in [0.717, 1.165) is 5.76 Å². The van der Waals surface area contributed by atoms with Gasteiger partial charge in [-0.2, -0.15) is 0 Å². The van der Waals surface area contributed by atoms with Gasteiger partial charge >= 0.3 is 0 Å². The van der Waals surface area contributed by atoms with Crippen LogP contribution in [0.4, 0.5) is 0 Å². The monoisotopic (exact) mass is 289 g/mol. The summed E-state index contributed by atoms with van der Waals surface area (Å²) in [6.07, 6.45) is 1.76. The second kappa shape index (κ2) is 5.47. The summed E-state index contributed by atoms with van der Waals surface area (Å²) in [6.45, 7) is 2.27. The van der Waals surface area contributed by atoms with E-state index < -0.39 is 0 Å². The third kappa shape index (κ3) is 2.26. The van der Waals surface area contributed by atoms with Gasteiger partial charge < -0.3 is 4.42 Å². The molecule has 1 unspecified atom stereocenters. The lowest BCUT2D eigenvalue weighted by molar-refractivity contribution is 0.387. The van der Waals surface area contributed by atoms with E-state index >= 15 is 0 Å². The second-order valence-electron chi connectivity index (χ2n) is 5.87. The van der Waals surface area contributed by atoms with Crippen LogP contribution in [0.25, 0.3) is 0 Å². The van der Waals surface area contributed by atoms with Crippen LogP contribution in [0.3, 0.4) is 0 Å². The molecule has 0 bridgehead atoms. The van der Waals surface area contributed by atoms with Gasteiger partial charge in [0.2, 0.25) is 0 Å². The predicted octanol–water partition coefficient (Wildman–Crippen LogP) is 4.81. The maximum atomic E-state index is 5.64. The van der Waals surface area contributed by atoms with Gasteiger partial charge in [-0.3, -0.25) is 4.90 Å². The van der Waals surface area contributed by atoms with Crippen molar-refractivity contribution in [2.75, 3.05) is 0 Å². The molecule has 2 nitrogen and oxygen atoms in total. The van der Waals surface area contributed by atoms with Crippen molar-refractivity contribution in [3.63, 3.8) is 0 Å². The number of hydrogen-bond donors (Lipinski definition) is 0. The van der Waals surface area contributed by atoms with Gasteiger partial charge in [-0.05, 0) is 30.2 Å². The standard InChI is InChI=1S/C20H19NO/c1-15-19(18-13-8-14-22-18)21(15)20(16-9-4-2-5-10-16)17-11-6-3-7-12-17/h2-15,19-20H,1H3/t15-,19-,21?/m0/s1. The van der Waals surface area contributed by atoms with Crippen molar-refractivity contribution >= 4 is 0 Å². The van der Waals surface area contributed by atoms with E-state index in [2.05, 4.69) is 78.6 Å². The highest BCUT2D eigenvalue weighted by Crippen LogP contribution is 2.51. The van der Waals surface area contributed by atoms with Gasteiger partial charge in [0, 0.05) is 6.04 Å². The van der Waals surface area contributed by atoms with Gasteiger partial charge in [0.1, 0.15) is 5.76 Å². The molecule has 1 saturated heterocycles. The highest BCUT2D eigenvalue weighted by molar-refractivity contribution is 5.35. The first kappa shape index (κ1) is 13.4. The maximum absolute atomic E-state index is 5.64. The van der Waals surface area contributed by atoms with E-state index in [4.69, 9.17) is 4.42 Å². The number of hydrogen-bond acceptors (Lipinski definition) is 2. The minimum absolute atomic E-state index is 0.271. The average Bonchev–Trinajstić information content (AvgIpc) is 3.00. The molecule has 2 heterocycles. The molecule has 1 aliphatic heterocycles. The van der Waals surface area contributed by atoms with Crippen LogP contribution in [0.5, 0.6) is 0 Å². The molecule has 4 rings (SSSR count). The summed E-state index contributed by atoms with van der Waals surface area (Å²) in [5.74, 6) is 1.06. The van der Waals surface area contributed by atoms with Crippen molar-refractivity contribution in [2.45, 2.75) is 25.0 Å². The Hall–Kier alpha value is -2.32. The van der Waals surface area contributed by atoms with Crippen LogP contribution in [-0.4, -0.2) is 10.9 Å². The first-order valence-corrected chi connectivity index (χ1v) is 7.77. The number of benzene rings is 2. The molecule has 2 heteroatoms. The Morgan fingerprint density at radius 3 is 1.91 bits per heavy atom. The topological polar surface area (TPSA) is 16.1 Å². The molecule has 0 saturated carbocycles. The Balaban J connectivity index is 1.73. The Labute approximate surface area is 131 Å². The van der Waals surface area contributed by atoms with Crippen molar-refractivity contribution in [3.8, 4) is 0 Å². The third-order valence-electron chi connectivity index (χ3n) is 4.52. The molecule has 0 aliphatic carbocycles. The molecular formula is C20H19NO. The maximum Gasteiger partial charge on any atom is 0.122 e. The summed E-state index contributed by atoms with van der Waals surface area (Å²) in [5.41, 5.74) is 2.66. The van der Waals surface area contributed by atoms with Crippen LogP contribution < -0.4 is 0 Å². The van der Waals surface area contributed by atoms with Crippen LogP contribution in [0.15, 0.2) is 83.5 Å². The summed E-state index contributed by atoms with van der Waals surface area (Å²) in [4.78, 5) is 2.52. The van der Waals surface area contributed by atoms with Crippen LogP contribution in [0, 0.1) is 0 Å². The molecule has 0 spiro atoms. The minimum Gasteiger partial charge on any atom is -0.468 e. The van der Waals surface area contributed by atoms with E-state index in [1.165, 1.54) is 11.1 Å². The van der Waals surface area contributed by atoms with E-state index in [0.29, 0.717) is 12.1 Å². The van der Waals surface area contributed by atoms with Crippen LogP contribution in [-0.2, 0) is 0 Å². The molecule has 3 aromatic rings. The second-order valence-corrected chi connectivity index (χ2v) is 5.87. The zero-order chi connectivity index (χ0) is 14.9. The first-order valence-electron chi connectivity index (χ1n) is 7.77. The Morgan fingerprint density at radius 2 is 1.41 bits per heavy atom. The van der Waals surface area contributed by atoms with Gasteiger partial charge in [0.25, 0.3) is 0 Å². The number of furan rings is 1. The Bertz CT molecular complexity index is 681. The largest absolute Gasteiger partial charge is 0.468 e. The lowest BCUT2D eigenvalue weighted by Gasteiger charge is -2.21. The van der Waals surface area contributed by atoms with Crippen LogP contribution in [0.2, 0.25) is 0 Å². The van der Waals surface area contributed by atoms with Crippen molar-refractivity contribution in [2.24, 2.45) is 0 Å². The van der Waals surface area contributed by atoms with Crippen molar-refractivity contribution in [1.82, 2.24) is 4.90 Å². The zero-order valence-electron chi connectivity index (χ0n) is 12.6. The molecule has 110 valence electrons. The van der Waals surface area contributed by atoms with E-state index in [9.17, 15) is 0 Å². The smallest absolute Gasteiger partial charge is 0.122 e. The van der Waals surface area contributed by atoms with Crippen molar-refractivity contribution in [1.29, 1.82) is 0 Å². The van der Waals surface area contributed by atoms with E-state index in [1.54, 1.807) is 6.26 Å². The summed E-state index contributed by atoms with van der Waals surface area (Å²) in [5, 5.41) is 0. The zero-order valence-corrected chi connectivity index (χ0v) is 12.6. The molecule has 2 aromatic carbocycles. The summed E-state index contributed by atoms with van der Waals surface area (Å²) >= 11 is 0. The highest BCUT2D eigenvalue weighted by Gasteiger charge is 2.51. The first-order chi connectivity index (χ1) is 10.9. The molecule has 1 fully saturated rings. The van der Waals surface area contributed by atoms with Gasteiger partial charge in [-0.25, -0.2) is 0 Å². The number of rotatable bonds is 4. The molecule has 1 aliphatic rings. The SMILES string of the molecule is C[C@H]1[C@@H](c2ccco2)N1C(c1ccccc1)c1ccccc1.